The first kappa shape index (κ1) is 30.0. The van der Waals surface area contributed by atoms with Crippen molar-refractivity contribution >= 4 is 22.8 Å². The van der Waals surface area contributed by atoms with Crippen LogP contribution in [0.5, 0.6) is 0 Å². The van der Waals surface area contributed by atoms with Gasteiger partial charge in [0, 0.05) is 32.7 Å². The zero-order valence-electron chi connectivity index (χ0n) is 23.2. The molecule has 1 atom stereocenters. The molecule has 0 bridgehead atoms. The van der Waals surface area contributed by atoms with Crippen molar-refractivity contribution in [1.29, 1.82) is 0 Å². The highest BCUT2D eigenvalue weighted by Crippen LogP contribution is 2.18. The number of para-hydroxylation sites is 1. The van der Waals surface area contributed by atoms with Gasteiger partial charge in [-0.25, -0.2) is 4.39 Å². The molecule has 7 nitrogen and oxygen atoms in total. The molecular weight excluding hydrogens is 499 g/mol. The Labute approximate surface area is 229 Å². The molecule has 3 aromatic rings. The number of carbonyl (C=O) groups is 2. The summed E-state index contributed by atoms with van der Waals surface area (Å²) in [5.74, 6) is -0.872. The van der Waals surface area contributed by atoms with Crippen LogP contribution < -0.4 is 5.43 Å². The molecule has 0 fully saturated rings. The number of amides is 2. The van der Waals surface area contributed by atoms with Gasteiger partial charge in [0.2, 0.25) is 11.8 Å². The Morgan fingerprint density at radius 3 is 2.44 bits per heavy atom. The first-order valence-corrected chi connectivity index (χ1v) is 13.7. The van der Waals surface area contributed by atoms with Gasteiger partial charge in [0.05, 0.1) is 30.3 Å². The predicted octanol–water partition coefficient (Wildman–Crippen LogP) is 5.54. The molecule has 1 aromatic heterocycles. The number of methoxy groups -OCH3 is 1. The van der Waals surface area contributed by atoms with E-state index in [0.717, 1.165) is 19.3 Å². The van der Waals surface area contributed by atoms with Crippen molar-refractivity contribution in [3.63, 3.8) is 0 Å². The Bertz CT molecular complexity index is 1270. The average Bonchev–Trinajstić information content (AvgIpc) is 2.95. The van der Waals surface area contributed by atoms with Gasteiger partial charge in [0.25, 0.3) is 0 Å². The lowest BCUT2D eigenvalue weighted by molar-refractivity contribution is -0.144. The van der Waals surface area contributed by atoms with E-state index in [4.69, 9.17) is 9.15 Å². The normalized spacial score (nSPS) is 11.9. The van der Waals surface area contributed by atoms with Crippen molar-refractivity contribution in [2.75, 3.05) is 26.8 Å². The topological polar surface area (TPSA) is 80.1 Å². The number of halogens is 1. The van der Waals surface area contributed by atoms with Gasteiger partial charge >= 0.3 is 0 Å². The van der Waals surface area contributed by atoms with E-state index in [0.29, 0.717) is 48.1 Å². The largest absolute Gasteiger partial charge is 0.464 e. The smallest absolute Gasteiger partial charge is 0.242 e. The van der Waals surface area contributed by atoms with Crippen LogP contribution in [0.1, 0.15) is 57.1 Å². The number of rotatable bonds is 15. The Morgan fingerprint density at radius 1 is 1.00 bits per heavy atom. The Hall–Kier alpha value is -3.52. The minimum atomic E-state index is -0.376. The molecule has 0 saturated heterocycles. The number of hydrogen-bond acceptors (Lipinski definition) is 5. The SMILES string of the molecule is CCCCC(CC)C(=O)N(CCCOC)CC(=O)N(Cc1ccc(F)cc1)Cc1coc2ccccc2c1=O. The van der Waals surface area contributed by atoms with Gasteiger partial charge in [-0.15, -0.1) is 0 Å². The molecule has 0 aliphatic rings. The van der Waals surface area contributed by atoms with Gasteiger partial charge in [0.15, 0.2) is 5.43 Å². The first-order chi connectivity index (χ1) is 18.9. The molecule has 0 aliphatic heterocycles. The van der Waals surface area contributed by atoms with E-state index in [9.17, 15) is 18.8 Å². The van der Waals surface area contributed by atoms with Crippen LogP contribution in [0.3, 0.4) is 0 Å². The number of benzene rings is 2. The number of unbranched alkanes of at least 4 members (excludes halogenated alkanes) is 1. The van der Waals surface area contributed by atoms with E-state index < -0.39 is 0 Å². The lowest BCUT2D eigenvalue weighted by atomic mass is 9.97. The third-order valence-electron chi connectivity index (χ3n) is 6.91. The van der Waals surface area contributed by atoms with Gasteiger partial charge in [-0.2, -0.15) is 0 Å². The fourth-order valence-corrected chi connectivity index (χ4v) is 4.62. The van der Waals surface area contributed by atoms with Crippen molar-refractivity contribution in [3.05, 3.63) is 82.0 Å². The maximum absolute atomic E-state index is 13.8. The van der Waals surface area contributed by atoms with Gasteiger partial charge in [0.1, 0.15) is 11.4 Å². The number of carbonyl (C=O) groups excluding carboxylic acids is 2. The van der Waals surface area contributed by atoms with E-state index in [1.54, 1.807) is 48.4 Å². The zero-order valence-corrected chi connectivity index (χ0v) is 23.2. The second kappa shape index (κ2) is 15.2. The monoisotopic (exact) mass is 538 g/mol. The number of ether oxygens (including phenoxy) is 1. The molecular formula is C31H39FN2O5. The molecule has 0 aliphatic carbocycles. The van der Waals surface area contributed by atoms with Crippen LogP contribution in [0.15, 0.2) is 64.0 Å². The van der Waals surface area contributed by atoms with Crippen molar-refractivity contribution in [1.82, 2.24) is 9.80 Å². The molecule has 0 radical (unpaired) electrons. The number of fused-ring (bicyclic) bond motifs is 1. The first-order valence-electron chi connectivity index (χ1n) is 13.7. The summed E-state index contributed by atoms with van der Waals surface area (Å²) >= 11 is 0. The molecule has 39 heavy (non-hydrogen) atoms. The lowest BCUT2D eigenvalue weighted by Crippen LogP contribution is -2.45. The summed E-state index contributed by atoms with van der Waals surface area (Å²) < 4.78 is 24.4. The summed E-state index contributed by atoms with van der Waals surface area (Å²) in [5.41, 5.74) is 1.29. The Morgan fingerprint density at radius 2 is 1.74 bits per heavy atom. The third kappa shape index (κ3) is 8.48. The minimum absolute atomic E-state index is 0.00345. The van der Waals surface area contributed by atoms with E-state index in [1.165, 1.54) is 23.3 Å². The fourth-order valence-electron chi connectivity index (χ4n) is 4.62. The van der Waals surface area contributed by atoms with E-state index in [1.807, 2.05) is 6.92 Å². The van der Waals surface area contributed by atoms with Gasteiger partial charge in [-0.1, -0.05) is 51.0 Å². The van der Waals surface area contributed by atoms with Crippen LogP contribution in [0.2, 0.25) is 0 Å². The van der Waals surface area contributed by atoms with Crippen LogP contribution >= 0.6 is 0 Å². The van der Waals surface area contributed by atoms with Gasteiger partial charge < -0.3 is 19.0 Å². The van der Waals surface area contributed by atoms with Crippen LogP contribution in [0.4, 0.5) is 4.39 Å². The molecule has 2 amide bonds. The number of nitrogens with zero attached hydrogens (tertiary/aromatic N) is 2. The molecule has 8 heteroatoms. The van der Waals surface area contributed by atoms with Crippen molar-refractivity contribution < 1.29 is 23.1 Å². The molecule has 1 heterocycles. The van der Waals surface area contributed by atoms with Crippen LogP contribution in [0, 0.1) is 11.7 Å². The minimum Gasteiger partial charge on any atom is -0.464 e. The molecule has 1 unspecified atom stereocenters. The second-order valence-corrected chi connectivity index (χ2v) is 9.82. The molecule has 3 rings (SSSR count). The Kier molecular flexibility index (Phi) is 11.7. The zero-order chi connectivity index (χ0) is 28.2. The van der Waals surface area contributed by atoms with Crippen molar-refractivity contribution in [2.45, 2.75) is 59.0 Å². The Balaban J connectivity index is 1.89. The number of hydrogen-bond donors (Lipinski definition) is 0. The molecule has 0 saturated carbocycles. The third-order valence-corrected chi connectivity index (χ3v) is 6.91. The predicted molar refractivity (Wildman–Crippen MR) is 150 cm³/mol. The summed E-state index contributed by atoms with van der Waals surface area (Å²) in [4.78, 5) is 43.6. The molecule has 210 valence electrons. The maximum atomic E-state index is 13.8. The molecule has 2 aromatic carbocycles. The van der Waals surface area contributed by atoms with Gasteiger partial charge in [-0.05, 0) is 49.1 Å². The summed E-state index contributed by atoms with van der Waals surface area (Å²) in [6, 6.07) is 12.8. The van der Waals surface area contributed by atoms with E-state index in [2.05, 4.69) is 6.92 Å². The van der Waals surface area contributed by atoms with Gasteiger partial charge in [-0.3, -0.25) is 14.4 Å². The van der Waals surface area contributed by atoms with Crippen LogP contribution in [-0.4, -0.2) is 48.4 Å². The second-order valence-electron chi connectivity index (χ2n) is 9.82. The molecule has 0 spiro atoms. The quantitative estimate of drug-likeness (QED) is 0.237. The lowest BCUT2D eigenvalue weighted by Gasteiger charge is -2.30. The highest BCUT2D eigenvalue weighted by molar-refractivity contribution is 5.86. The highest BCUT2D eigenvalue weighted by atomic mass is 19.1. The standard InChI is InChI=1S/C31H39FN2O5/c1-4-6-10-24(5-2)31(37)33(17-9-18-38-3)21-29(35)34(19-23-13-15-26(32)16-14-23)20-25-22-39-28-12-8-7-11-27(28)30(25)36/h7-8,11-16,22,24H,4-6,9-10,17-21H2,1-3H3. The highest BCUT2D eigenvalue weighted by Gasteiger charge is 2.27. The van der Waals surface area contributed by atoms with Crippen LogP contribution in [0.25, 0.3) is 11.0 Å². The van der Waals surface area contributed by atoms with Crippen molar-refractivity contribution in [3.8, 4) is 0 Å². The van der Waals surface area contributed by atoms with E-state index in [-0.39, 0.29) is 48.6 Å². The summed E-state index contributed by atoms with van der Waals surface area (Å²) in [6.45, 7) is 4.98. The average molecular weight is 539 g/mol. The summed E-state index contributed by atoms with van der Waals surface area (Å²) in [6.07, 6.45) is 5.40. The van der Waals surface area contributed by atoms with E-state index >= 15 is 0 Å². The van der Waals surface area contributed by atoms with Crippen molar-refractivity contribution in [2.24, 2.45) is 5.92 Å². The fraction of sp³-hybridized carbons (Fsp3) is 0.452. The summed E-state index contributed by atoms with van der Waals surface area (Å²) in [5, 5.41) is 0.433. The van der Waals surface area contributed by atoms with Crippen LogP contribution in [-0.2, 0) is 27.4 Å². The summed E-state index contributed by atoms with van der Waals surface area (Å²) in [7, 11) is 1.60. The maximum Gasteiger partial charge on any atom is 0.242 e. The molecule has 0 N–H and O–H groups in total.